The fourth-order valence-electron chi connectivity index (χ4n) is 4.14. The first-order chi connectivity index (χ1) is 11.3. The second kappa shape index (κ2) is 6.45. The first-order valence-corrected chi connectivity index (χ1v) is 8.81. The average Bonchev–Trinajstić information content (AvgIpc) is 2.49. The van der Waals surface area contributed by atoms with Crippen molar-refractivity contribution in [2.24, 2.45) is 0 Å². The molecule has 1 aromatic rings. The summed E-state index contributed by atoms with van der Waals surface area (Å²) in [6.45, 7) is 10.6. The van der Waals surface area contributed by atoms with E-state index in [-0.39, 0.29) is 23.2 Å². The van der Waals surface area contributed by atoms with Gasteiger partial charge < -0.3 is 9.80 Å². The lowest BCUT2D eigenvalue weighted by atomic mass is 9.80. The fraction of sp³-hybridized carbons (Fsp3) is 0.632. The summed E-state index contributed by atoms with van der Waals surface area (Å²) in [6, 6.07) is 4.82. The minimum Gasteiger partial charge on any atom is -0.305 e. The molecule has 0 aromatic heterocycles. The van der Waals surface area contributed by atoms with Crippen molar-refractivity contribution < 1.29 is 9.18 Å². The Morgan fingerprint density at radius 1 is 1.25 bits per heavy atom. The van der Waals surface area contributed by atoms with Crippen molar-refractivity contribution in [3.05, 3.63) is 29.6 Å². The van der Waals surface area contributed by atoms with Crippen molar-refractivity contribution in [2.75, 3.05) is 44.7 Å². The molecular weight excluding hydrogens is 305 g/mol. The van der Waals surface area contributed by atoms with Crippen LogP contribution in [-0.4, -0.2) is 61.0 Å². The summed E-state index contributed by atoms with van der Waals surface area (Å²) in [6.07, 6.45) is 0.845. The molecule has 1 amide bonds. The number of benzene rings is 1. The number of carbonyl (C=O) groups excluding carboxylic acids is 1. The van der Waals surface area contributed by atoms with Crippen LogP contribution in [0, 0.1) is 5.82 Å². The predicted molar refractivity (Wildman–Crippen MR) is 94.9 cm³/mol. The molecule has 0 saturated carbocycles. The van der Waals surface area contributed by atoms with E-state index in [0.29, 0.717) is 6.54 Å². The Hall–Kier alpha value is -1.46. The highest BCUT2D eigenvalue weighted by molar-refractivity contribution is 5.97. The number of nitrogens with zero attached hydrogens (tertiary/aromatic N) is 3. The van der Waals surface area contributed by atoms with Crippen molar-refractivity contribution in [3.63, 3.8) is 0 Å². The van der Waals surface area contributed by atoms with Crippen molar-refractivity contribution in [3.8, 4) is 0 Å². The van der Waals surface area contributed by atoms with Crippen LogP contribution in [-0.2, 0) is 4.79 Å². The summed E-state index contributed by atoms with van der Waals surface area (Å²) in [4.78, 5) is 19.5. The third-order valence-electron chi connectivity index (χ3n) is 5.38. The highest BCUT2D eigenvalue weighted by Crippen LogP contribution is 2.43. The maximum atomic E-state index is 13.7. The second-order valence-corrected chi connectivity index (χ2v) is 7.93. The van der Waals surface area contributed by atoms with Gasteiger partial charge >= 0.3 is 0 Å². The summed E-state index contributed by atoms with van der Waals surface area (Å²) in [5.74, 6) is 0.134. The minimum absolute atomic E-state index is 0.115. The first-order valence-electron chi connectivity index (χ1n) is 8.81. The molecule has 0 spiro atoms. The second-order valence-electron chi connectivity index (χ2n) is 7.93. The Kier molecular flexibility index (Phi) is 4.67. The van der Waals surface area contributed by atoms with Crippen LogP contribution in [0.15, 0.2) is 18.2 Å². The van der Waals surface area contributed by atoms with E-state index in [2.05, 4.69) is 37.6 Å². The molecule has 3 rings (SSSR count). The molecule has 0 N–H and O–H groups in total. The van der Waals surface area contributed by atoms with E-state index in [1.54, 1.807) is 12.1 Å². The standard InChI is InChI=1S/C19H28FN3O/c1-14-12-19(2,3)23(17-6-5-15(20)11-16(14)17)18(24)13-22-9-7-21(4)8-10-22/h5-6,11,14H,7-10,12-13H2,1-4H3/t14-/m0/s1. The lowest BCUT2D eigenvalue weighted by molar-refractivity contribution is -0.121. The predicted octanol–water partition coefficient (Wildman–Crippen LogP) is 2.69. The lowest BCUT2D eigenvalue weighted by Gasteiger charge is -2.46. The summed E-state index contributed by atoms with van der Waals surface area (Å²) >= 11 is 0. The first kappa shape index (κ1) is 17.4. The van der Waals surface area contributed by atoms with Crippen molar-refractivity contribution >= 4 is 11.6 Å². The average molecular weight is 333 g/mol. The zero-order chi connectivity index (χ0) is 17.5. The van der Waals surface area contributed by atoms with Crippen LogP contribution >= 0.6 is 0 Å². The van der Waals surface area contributed by atoms with Crippen LogP contribution in [0.1, 0.15) is 38.7 Å². The Morgan fingerprint density at radius 2 is 1.92 bits per heavy atom. The number of likely N-dealkylation sites (N-methyl/N-ethyl adjacent to an activating group) is 1. The van der Waals surface area contributed by atoms with Crippen LogP contribution in [0.2, 0.25) is 0 Å². The fourth-order valence-corrected chi connectivity index (χ4v) is 4.14. The monoisotopic (exact) mass is 333 g/mol. The normalized spacial score (nSPS) is 24.7. The highest BCUT2D eigenvalue weighted by atomic mass is 19.1. The van der Waals surface area contributed by atoms with E-state index in [9.17, 15) is 9.18 Å². The third-order valence-corrected chi connectivity index (χ3v) is 5.38. The zero-order valence-electron chi connectivity index (χ0n) is 15.2. The SMILES string of the molecule is C[C@H]1CC(C)(C)N(C(=O)CN2CCN(C)CC2)c2ccc(F)cc21. The smallest absolute Gasteiger partial charge is 0.241 e. The molecule has 0 radical (unpaired) electrons. The Balaban J connectivity index is 1.85. The van der Waals surface area contributed by atoms with E-state index in [0.717, 1.165) is 43.9 Å². The lowest BCUT2D eigenvalue weighted by Crippen LogP contribution is -2.56. The number of fused-ring (bicyclic) bond motifs is 1. The number of carbonyl (C=O) groups is 1. The molecule has 4 nitrogen and oxygen atoms in total. The van der Waals surface area contributed by atoms with Crippen molar-refractivity contribution in [2.45, 2.75) is 38.6 Å². The van der Waals surface area contributed by atoms with Gasteiger partial charge in [-0.1, -0.05) is 6.92 Å². The molecule has 1 fully saturated rings. The summed E-state index contributed by atoms with van der Waals surface area (Å²) < 4.78 is 13.7. The van der Waals surface area contributed by atoms with Gasteiger partial charge in [0.1, 0.15) is 5.82 Å². The number of amides is 1. The van der Waals surface area contributed by atoms with Crippen LogP contribution in [0.5, 0.6) is 0 Å². The van der Waals surface area contributed by atoms with Gasteiger partial charge in [0.15, 0.2) is 0 Å². The maximum Gasteiger partial charge on any atom is 0.241 e. The molecule has 2 aliphatic rings. The van der Waals surface area contributed by atoms with Gasteiger partial charge in [-0.05, 0) is 57.0 Å². The van der Waals surface area contributed by atoms with E-state index >= 15 is 0 Å². The molecule has 2 heterocycles. The number of hydrogen-bond donors (Lipinski definition) is 0. The van der Waals surface area contributed by atoms with Gasteiger partial charge in [0.25, 0.3) is 0 Å². The molecule has 5 heteroatoms. The van der Waals surface area contributed by atoms with E-state index in [4.69, 9.17) is 0 Å². The number of piperazine rings is 1. The molecule has 2 aliphatic heterocycles. The highest BCUT2D eigenvalue weighted by Gasteiger charge is 2.40. The van der Waals surface area contributed by atoms with Gasteiger partial charge in [-0.15, -0.1) is 0 Å². The Labute approximate surface area is 144 Å². The molecule has 1 saturated heterocycles. The Morgan fingerprint density at radius 3 is 2.58 bits per heavy atom. The maximum absolute atomic E-state index is 13.7. The molecule has 0 aliphatic carbocycles. The third kappa shape index (κ3) is 3.33. The molecule has 0 bridgehead atoms. The van der Waals surface area contributed by atoms with Gasteiger partial charge in [0, 0.05) is 37.4 Å². The van der Waals surface area contributed by atoms with Gasteiger partial charge in [-0.25, -0.2) is 4.39 Å². The van der Waals surface area contributed by atoms with Crippen molar-refractivity contribution in [1.82, 2.24) is 9.80 Å². The van der Waals surface area contributed by atoms with Crippen LogP contribution in [0.3, 0.4) is 0 Å². The van der Waals surface area contributed by atoms with E-state index < -0.39 is 0 Å². The molecule has 1 atom stereocenters. The van der Waals surface area contributed by atoms with Gasteiger partial charge in [-0.3, -0.25) is 9.69 Å². The van der Waals surface area contributed by atoms with Gasteiger partial charge in [0.2, 0.25) is 5.91 Å². The summed E-state index contributed by atoms with van der Waals surface area (Å²) in [5, 5.41) is 0. The van der Waals surface area contributed by atoms with E-state index in [1.807, 2.05) is 4.90 Å². The Bertz CT molecular complexity index is 623. The van der Waals surface area contributed by atoms with Gasteiger partial charge in [-0.2, -0.15) is 0 Å². The molecule has 0 unspecified atom stereocenters. The largest absolute Gasteiger partial charge is 0.305 e. The molecular formula is C19H28FN3O. The quantitative estimate of drug-likeness (QED) is 0.833. The van der Waals surface area contributed by atoms with E-state index in [1.165, 1.54) is 6.07 Å². The van der Waals surface area contributed by atoms with Crippen LogP contribution in [0.4, 0.5) is 10.1 Å². The van der Waals surface area contributed by atoms with Gasteiger partial charge in [0.05, 0.1) is 6.54 Å². The number of anilines is 1. The van der Waals surface area contributed by atoms with Crippen LogP contribution < -0.4 is 4.90 Å². The molecule has 132 valence electrons. The summed E-state index contributed by atoms with van der Waals surface area (Å²) in [5.41, 5.74) is 1.56. The number of rotatable bonds is 2. The number of halogens is 1. The zero-order valence-corrected chi connectivity index (χ0v) is 15.2. The number of hydrogen-bond acceptors (Lipinski definition) is 3. The van der Waals surface area contributed by atoms with Crippen LogP contribution in [0.25, 0.3) is 0 Å². The molecule has 1 aromatic carbocycles. The minimum atomic E-state index is -0.256. The molecule has 24 heavy (non-hydrogen) atoms. The van der Waals surface area contributed by atoms with Crippen molar-refractivity contribution in [1.29, 1.82) is 0 Å². The topological polar surface area (TPSA) is 26.8 Å². The summed E-state index contributed by atoms with van der Waals surface area (Å²) in [7, 11) is 2.11.